The molecule has 0 radical (unpaired) electrons. The molecular formula is C13H10ClNO3. The van der Waals surface area contributed by atoms with E-state index in [0.717, 1.165) is 0 Å². The number of anilines is 1. The minimum absolute atomic E-state index is 0.0348. The molecule has 0 unspecified atom stereocenters. The largest absolute Gasteiger partial charge is 0.506 e. The number of rotatable bonds is 2. The fourth-order valence-electron chi connectivity index (χ4n) is 1.54. The first-order chi connectivity index (χ1) is 8.50. The van der Waals surface area contributed by atoms with E-state index in [1.165, 1.54) is 12.1 Å². The lowest BCUT2D eigenvalue weighted by molar-refractivity contribution is 0.103. The molecule has 0 spiro atoms. The van der Waals surface area contributed by atoms with Crippen molar-refractivity contribution in [3.8, 4) is 11.5 Å². The first-order valence-electron chi connectivity index (χ1n) is 5.11. The maximum absolute atomic E-state index is 12.1. The lowest BCUT2D eigenvalue weighted by Gasteiger charge is -2.07. The summed E-state index contributed by atoms with van der Waals surface area (Å²) in [4.78, 5) is 12.1. The molecule has 2 aromatic rings. The minimum Gasteiger partial charge on any atom is -0.506 e. The Morgan fingerprint density at radius 3 is 2.28 bits per heavy atom. The van der Waals surface area contributed by atoms with Crippen molar-refractivity contribution in [2.45, 2.75) is 0 Å². The molecule has 0 aromatic heterocycles. The number of halogens is 1. The number of carbonyl (C=O) groups excluding carboxylic acids is 1. The normalized spacial score (nSPS) is 10.3. The molecule has 0 atom stereocenters. The summed E-state index contributed by atoms with van der Waals surface area (Å²) < 4.78 is 0. The third kappa shape index (κ3) is 2.10. The van der Waals surface area contributed by atoms with Crippen LogP contribution >= 0.6 is 11.6 Å². The van der Waals surface area contributed by atoms with Gasteiger partial charge in [0.2, 0.25) is 0 Å². The molecule has 4 N–H and O–H groups in total. The van der Waals surface area contributed by atoms with Crippen molar-refractivity contribution in [1.82, 2.24) is 0 Å². The third-order valence-corrected chi connectivity index (χ3v) is 2.80. The minimum atomic E-state index is -0.421. The molecule has 0 saturated heterocycles. The van der Waals surface area contributed by atoms with Crippen molar-refractivity contribution in [3.05, 3.63) is 52.5 Å². The Balaban J connectivity index is 2.46. The molecule has 0 saturated carbocycles. The molecule has 0 heterocycles. The highest BCUT2D eigenvalue weighted by atomic mass is 35.5. The van der Waals surface area contributed by atoms with Crippen LogP contribution in [0.4, 0.5) is 5.69 Å². The van der Waals surface area contributed by atoms with Crippen LogP contribution in [-0.2, 0) is 0 Å². The van der Waals surface area contributed by atoms with Gasteiger partial charge in [0.15, 0.2) is 11.5 Å². The molecule has 2 rings (SSSR count). The molecule has 0 aliphatic carbocycles. The Labute approximate surface area is 108 Å². The lowest BCUT2D eigenvalue weighted by atomic mass is 10.0. The van der Waals surface area contributed by atoms with Crippen LogP contribution in [0.2, 0.25) is 5.02 Å². The third-order valence-electron chi connectivity index (χ3n) is 2.55. The molecule has 18 heavy (non-hydrogen) atoms. The lowest BCUT2D eigenvalue weighted by Crippen LogP contribution is -2.03. The zero-order valence-electron chi connectivity index (χ0n) is 9.22. The summed E-state index contributed by atoms with van der Waals surface area (Å²) >= 11 is 5.73. The van der Waals surface area contributed by atoms with Crippen LogP contribution in [-0.4, -0.2) is 16.0 Å². The number of nitrogen functional groups attached to an aromatic ring is 1. The molecule has 5 heteroatoms. The van der Waals surface area contributed by atoms with Crippen LogP contribution in [0.15, 0.2) is 36.4 Å². The maximum Gasteiger partial charge on any atom is 0.196 e. The summed E-state index contributed by atoms with van der Waals surface area (Å²) in [5, 5.41) is 19.5. The average molecular weight is 264 g/mol. The van der Waals surface area contributed by atoms with Crippen LogP contribution < -0.4 is 5.73 Å². The fraction of sp³-hybridized carbons (Fsp3) is 0. The quantitative estimate of drug-likeness (QED) is 0.442. The van der Waals surface area contributed by atoms with Gasteiger partial charge in [-0.15, -0.1) is 0 Å². The second-order valence-corrected chi connectivity index (χ2v) is 4.17. The standard InChI is InChI=1S/C13H10ClNO3/c14-8-3-1-7(2-4-8)12(17)9-5-6-10(16)11(15)13(9)18/h1-6,16,18H,15H2. The number of ketones is 1. The van der Waals surface area contributed by atoms with E-state index >= 15 is 0 Å². The smallest absolute Gasteiger partial charge is 0.196 e. The molecular weight excluding hydrogens is 254 g/mol. The van der Waals surface area contributed by atoms with Gasteiger partial charge in [0.25, 0.3) is 0 Å². The topological polar surface area (TPSA) is 83.5 Å². The molecule has 0 aliphatic heterocycles. The van der Waals surface area contributed by atoms with Crippen LogP contribution in [0.25, 0.3) is 0 Å². The number of hydrogen-bond acceptors (Lipinski definition) is 4. The Morgan fingerprint density at radius 1 is 1.06 bits per heavy atom. The van der Waals surface area contributed by atoms with Crippen LogP contribution in [0.1, 0.15) is 15.9 Å². The second-order valence-electron chi connectivity index (χ2n) is 3.73. The number of benzene rings is 2. The van der Waals surface area contributed by atoms with E-state index in [2.05, 4.69) is 0 Å². The van der Waals surface area contributed by atoms with E-state index in [-0.39, 0.29) is 17.0 Å². The molecule has 2 aromatic carbocycles. The van der Waals surface area contributed by atoms with Crippen LogP contribution in [0.3, 0.4) is 0 Å². The van der Waals surface area contributed by atoms with Gasteiger partial charge in [0.05, 0.1) is 5.56 Å². The van der Waals surface area contributed by atoms with Gasteiger partial charge in [0.1, 0.15) is 11.4 Å². The highest BCUT2D eigenvalue weighted by Crippen LogP contribution is 2.34. The van der Waals surface area contributed by atoms with Gasteiger partial charge in [-0.3, -0.25) is 4.79 Å². The Hall–Kier alpha value is -2.20. The second kappa shape index (κ2) is 4.58. The Morgan fingerprint density at radius 2 is 1.67 bits per heavy atom. The number of carbonyl (C=O) groups is 1. The zero-order chi connectivity index (χ0) is 13.3. The molecule has 0 amide bonds. The summed E-state index contributed by atoms with van der Waals surface area (Å²) in [5.41, 5.74) is 5.65. The zero-order valence-corrected chi connectivity index (χ0v) is 9.98. The van der Waals surface area contributed by atoms with Crippen molar-refractivity contribution in [2.24, 2.45) is 0 Å². The first-order valence-corrected chi connectivity index (χ1v) is 5.49. The summed E-state index contributed by atoms with van der Waals surface area (Å²) in [6.07, 6.45) is 0. The number of phenolic OH excluding ortho intramolecular Hbond substituents is 2. The highest BCUT2D eigenvalue weighted by molar-refractivity contribution is 6.30. The summed E-state index contributed by atoms with van der Waals surface area (Å²) in [6, 6.07) is 8.84. The fourth-order valence-corrected chi connectivity index (χ4v) is 1.66. The predicted octanol–water partition coefficient (Wildman–Crippen LogP) is 2.56. The van der Waals surface area contributed by atoms with Crippen molar-refractivity contribution < 1.29 is 15.0 Å². The predicted molar refractivity (Wildman–Crippen MR) is 69.1 cm³/mol. The Kier molecular flexibility index (Phi) is 3.12. The van der Waals surface area contributed by atoms with Crippen LogP contribution in [0, 0.1) is 0 Å². The van der Waals surface area contributed by atoms with Gasteiger partial charge >= 0.3 is 0 Å². The number of phenols is 2. The molecule has 4 nitrogen and oxygen atoms in total. The van der Waals surface area contributed by atoms with E-state index in [0.29, 0.717) is 10.6 Å². The highest BCUT2D eigenvalue weighted by Gasteiger charge is 2.17. The summed E-state index contributed by atoms with van der Waals surface area (Å²) in [7, 11) is 0. The van der Waals surface area contributed by atoms with Crippen LogP contribution in [0.5, 0.6) is 11.5 Å². The van der Waals surface area contributed by atoms with Gasteiger partial charge in [-0.05, 0) is 36.4 Å². The molecule has 0 aliphatic rings. The van der Waals surface area contributed by atoms with Crippen molar-refractivity contribution in [2.75, 3.05) is 5.73 Å². The van der Waals surface area contributed by atoms with Crippen molar-refractivity contribution in [1.29, 1.82) is 0 Å². The number of hydrogen-bond donors (Lipinski definition) is 3. The number of nitrogens with two attached hydrogens (primary N) is 1. The van der Waals surface area contributed by atoms with Gasteiger partial charge in [-0.25, -0.2) is 0 Å². The van der Waals surface area contributed by atoms with Crippen molar-refractivity contribution in [3.63, 3.8) is 0 Å². The van der Waals surface area contributed by atoms with E-state index in [1.54, 1.807) is 24.3 Å². The van der Waals surface area contributed by atoms with Gasteiger partial charge in [-0.1, -0.05) is 11.6 Å². The van der Waals surface area contributed by atoms with Gasteiger partial charge in [-0.2, -0.15) is 0 Å². The van der Waals surface area contributed by atoms with Gasteiger partial charge < -0.3 is 15.9 Å². The monoisotopic (exact) mass is 263 g/mol. The number of aromatic hydroxyl groups is 2. The maximum atomic E-state index is 12.1. The van der Waals surface area contributed by atoms with E-state index in [4.69, 9.17) is 17.3 Å². The van der Waals surface area contributed by atoms with Gasteiger partial charge in [0, 0.05) is 10.6 Å². The summed E-state index contributed by atoms with van der Waals surface area (Å²) in [6.45, 7) is 0. The molecule has 0 bridgehead atoms. The van der Waals surface area contributed by atoms with E-state index in [1.807, 2.05) is 0 Å². The first kappa shape index (κ1) is 12.3. The van der Waals surface area contributed by atoms with Crippen molar-refractivity contribution >= 4 is 23.1 Å². The molecule has 0 fully saturated rings. The average Bonchev–Trinajstić information content (AvgIpc) is 2.36. The van der Waals surface area contributed by atoms with E-state index < -0.39 is 11.5 Å². The Bertz CT molecular complexity index is 608. The van der Waals surface area contributed by atoms with E-state index in [9.17, 15) is 15.0 Å². The SMILES string of the molecule is Nc1c(O)ccc(C(=O)c2ccc(Cl)cc2)c1O. The summed E-state index contributed by atoms with van der Waals surface area (Å²) in [5.74, 6) is -1.08. The molecule has 92 valence electrons.